The fraction of sp³-hybridized carbons (Fsp3) is 0.625. The lowest BCUT2D eigenvalue weighted by atomic mass is 10.1. The van der Waals surface area contributed by atoms with Gasteiger partial charge in [0.25, 0.3) is 0 Å². The van der Waals surface area contributed by atoms with E-state index in [9.17, 15) is 13.2 Å². The Hall–Kier alpha value is -1.07. The number of nitrogens with zero attached hydrogens (tertiary/aromatic N) is 1. The molecular weight excluding hydrogens is 277 g/mol. The van der Waals surface area contributed by atoms with Crippen molar-refractivity contribution in [3.63, 3.8) is 0 Å². The van der Waals surface area contributed by atoms with Gasteiger partial charge in [-0.1, -0.05) is 24.3 Å². The minimum Gasteiger partial charge on any atom is -0.312 e. The highest BCUT2D eigenvalue weighted by Gasteiger charge is 2.53. The van der Waals surface area contributed by atoms with Crippen molar-refractivity contribution in [3.8, 4) is 0 Å². The van der Waals surface area contributed by atoms with E-state index in [1.165, 1.54) is 19.2 Å². The van der Waals surface area contributed by atoms with Crippen LogP contribution in [-0.4, -0.2) is 37.8 Å². The maximum absolute atomic E-state index is 12.4. The zero-order valence-corrected chi connectivity index (χ0v) is 12.2. The van der Waals surface area contributed by atoms with E-state index in [4.69, 9.17) is 0 Å². The van der Waals surface area contributed by atoms with Gasteiger partial charge in [-0.3, -0.25) is 0 Å². The third-order valence-electron chi connectivity index (χ3n) is 4.66. The average Bonchev–Trinajstić information content (AvgIpc) is 2.84. The van der Waals surface area contributed by atoms with Crippen molar-refractivity contribution >= 4 is 0 Å². The number of fused-ring (bicyclic) bond motifs is 1. The quantitative estimate of drug-likeness (QED) is 0.899. The Morgan fingerprint density at radius 2 is 1.86 bits per heavy atom. The summed E-state index contributed by atoms with van der Waals surface area (Å²) in [6.45, 7) is 4.01. The second-order valence-electron chi connectivity index (χ2n) is 6.46. The van der Waals surface area contributed by atoms with E-state index >= 15 is 0 Å². The molecule has 0 amide bonds. The lowest BCUT2D eigenvalue weighted by molar-refractivity contribution is -0.127. The van der Waals surface area contributed by atoms with Crippen LogP contribution in [0.2, 0.25) is 0 Å². The highest BCUT2D eigenvalue weighted by atomic mass is 19.4. The molecule has 2 nitrogen and oxygen atoms in total. The molecule has 1 aliphatic heterocycles. The van der Waals surface area contributed by atoms with Gasteiger partial charge >= 0.3 is 6.18 Å². The summed E-state index contributed by atoms with van der Waals surface area (Å²) < 4.78 is 37.1. The van der Waals surface area contributed by atoms with E-state index in [1.807, 2.05) is 6.07 Å². The number of halogens is 3. The SMILES string of the molecule is CN1CC2C(CNCc3cccc(CC(F)(F)F)c3)C2C1. The minimum atomic E-state index is -4.14. The Labute approximate surface area is 123 Å². The highest BCUT2D eigenvalue weighted by Crippen LogP contribution is 2.50. The fourth-order valence-electron chi connectivity index (χ4n) is 3.63. The Morgan fingerprint density at radius 3 is 2.52 bits per heavy atom. The van der Waals surface area contributed by atoms with Crippen LogP contribution in [-0.2, 0) is 13.0 Å². The highest BCUT2D eigenvalue weighted by molar-refractivity contribution is 5.24. The molecule has 116 valence electrons. The Kier molecular flexibility index (Phi) is 3.97. The standard InChI is InChI=1S/C16H21F3N2/c1-21-9-14-13(15(14)10-21)8-20-7-12-4-2-3-11(5-12)6-16(17,18)19/h2-5,13-15,20H,6-10H2,1H3. The Morgan fingerprint density at radius 1 is 1.19 bits per heavy atom. The third kappa shape index (κ3) is 3.77. The lowest BCUT2D eigenvalue weighted by Crippen LogP contribution is -2.24. The van der Waals surface area contributed by atoms with Crippen LogP contribution in [0.5, 0.6) is 0 Å². The van der Waals surface area contributed by atoms with Gasteiger partial charge in [-0.2, -0.15) is 13.2 Å². The normalized spacial score (nSPS) is 28.7. The Bertz CT molecular complexity index is 489. The first-order chi connectivity index (χ1) is 9.92. The lowest BCUT2D eigenvalue weighted by Gasteiger charge is -2.13. The molecule has 2 aliphatic rings. The largest absolute Gasteiger partial charge is 0.393 e. The average molecular weight is 298 g/mol. The van der Waals surface area contributed by atoms with Crippen molar-refractivity contribution in [3.05, 3.63) is 35.4 Å². The van der Waals surface area contributed by atoms with Crippen LogP contribution >= 0.6 is 0 Å². The number of benzene rings is 1. The van der Waals surface area contributed by atoms with E-state index in [0.717, 1.165) is 29.9 Å². The topological polar surface area (TPSA) is 15.3 Å². The molecule has 1 aromatic carbocycles. The fourth-order valence-corrected chi connectivity index (χ4v) is 3.63. The second kappa shape index (κ2) is 5.61. The summed E-state index contributed by atoms with van der Waals surface area (Å²) >= 11 is 0. The molecule has 1 saturated carbocycles. The molecule has 1 N–H and O–H groups in total. The van der Waals surface area contributed by atoms with Crippen molar-refractivity contribution in [2.24, 2.45) is 17.8 Å². The molecular formula is C16H21F3N2. The molecule has 0 bridgehead atoms. The Balaban J connectivity index is 1.45. The number of alkyl halides is 3. The van der Waals surface area contributed by atoms with Crippen molar-refractivity contribution in [2.75, 3.05) is 26.7 Å². The summed E-state index contributed by atoms with van der Waals surface area (Å²) in [7, 11) is 2.16. The molecule has 0 aromatic heterocycles. The van der Waals surface area contributed by atoms with Crippen molar-refractivity contribution in [2.45, 2.75) is 19.1 Å². The maximum Gasteiger partial charge on any atom is 0.393 e. The van der Waals surface area contributed by atoms with Gasteiger partial charge in [0.15, 0.2) is 0 Å². The van der Waals surface area contributed by atoms with Crippen molar-refractivity contribution < 1.29 is 13.2 Å². The molecule has 0 radical (unpaired) electrons. The first kappa shape index (κ1) is 14.9. The van der Waals surface area contributed by atoms with Crippen LogP contribution < -0.4 is 5.32 Å². The number of hydrogen-bond donors (Lipinski definition) is 1. The molecule has 2 unspecified atom stereocenters. The van der Waals surface area contributed by atoms with Crippen LogP contribution in [0.4, 0.5) is 13.2 Å². The van der Waals surface area contributed by atoms with Gasteiger partial charge in [0.1, 0.15) is 0 Å². The number of piperidine rings is 1. The van der Waals surface area contributed by atoms with Crippen LogP contribution in [0.15, 0.2) is 24.3 Å². The zero-order chi connectivity index (χ0) is 15.0. The third-order valence-corrected chi connectivity index (χ3v) is 4.66. The minimum absolute atomic E-state index is 0.340. The smallest absolute Gasteiger partial charge is 0.312 e. The second-order valence-corrected chi connectivity index (χ2v) is 6.46. The zero-order valence-electron chi connectivity index (χ0n) is 12.2. The number of nitrogens with one attached hydrogen (secondary N) is 1. The van der Waals surface area contributed by atoms with Crippen molar-refractivity contribution in [1.82, 2.24) is 10.2 Å². The van der Waals surface area contributed by atoms with Crippen LogP contribution in [0, 0.1) is 17.8 Å². The summed E-state index contributed by atoms with van der Waals surface area (Å²) in [6, 6.07) is 6.79. The van der Waals surface area contributed by atoms with Gasteiger partial charge in [-0.05, 0) is 42.5 Å². The van der Waals surface area contributed by atoms with Gasteiger partial charge in [0.05, 0.1) is 6.42 Å². The summed E-state index contributed by atoms with van der Waals surface area (Å²) in [5.74, 6) is 2.43. The molecule has 2 atom stereocenters. The van der Waals surface area contributed by atoms with Gasteiger partial charge in [0, 0.05) is 19.6 Å². The van der Waals surface area contributed by atoms with E-state index in [2.05, 4.69) is 17.3 Å². The molecule has 1 aliphatic carbocycles. The predicted octanol–water partition coefficient (Wildman–Crippen LogP) is 2.69. The molecule has 1 aromatic rings. The van der Waals surface area contributed by atoms with E-state index < -0.39 is 12.6 Å². The van der Waals surface area contributed by atoms with Crippen molar-refractivity contribution in [1.29, 1.82) is 0 Å². The van der Waals surface area contributed by atoms with Crippen LogP contribution in [0.25, 0.3) is 0 Å². The van der Waals surface area contributed by atoms with Gasteiger partial charge in [-0.15, -0.1) is 0 Å². The first-order valence-corrected chi connectivity index (χ1v) is 7.46. The summed E-state index contributed by atoms with van der Waals surface area (Å²) in [4.78, 5) is 2.37. The number of hydrogen-bond acceptors (Lipinski definition) is 2. The predicted molar refractivity (Wildman–Crippen MR) is 75.9 cm³/mol. The number of likely N-dealkylation sites (tertiary alicyclic amines) is 1. The summed E-state index contributed by atoms with van der Waals surface area (Å²) in [5.41, 5.74) is 1.27. The number of rotatable bonds is 5. The van der Waals surface area contributed by atoms with Gasteiger partial charge in [-0.25, -0.2) is 0 Å². The molecule has 1 heterocycles. The molecule has 1 saturated heterocycles. The molecule has 3 rings (SSSR count). The summed E-state index contributed by atoms with van der Waals surface area (Å²) in [5, 5.41) is 3.40. The van der Waals surface area contributed by atoms with E-state index in [1.54, 1.807) is 12.1 Å². The molecule has 21 heavy (non-hydrogen) atoms. The van der Waals surface area contributed by atoms with E-state index in [0.29, 0.717) is 12.1 Å². The van der Waals surface area contributed by atoms with Crippen LogP contribution in [0.1, 0.15) is 11.1 Å². The summed E-state index contributed by atoms with van der Waals surface area (Å²) in [6.07, 6.45) is -4.98. The first-order valence-electron chi connectivity index (χ1n) is 7.46. The van der Waals surface area contributed by atoms with Gasteiger partial charge in [0.2, 0.25) is 0 Å². The monoisotopic (exact) mass is 298 g/mol. The molecule has 2 fully saturated rings. The molecule has 0 spiro atoms. The van der Waals surface area contributed by atoms with E-state index in [-0.39, 0.29) is 0 Å². The van der Waals surface area contributed by atoms with Gasteiger partial charge < -0.3 is 10.2 Å². The van der Waals surface area contributed by atoms with Crippen LogP contribution in [0.3, 0.4) is 0 Å². The maximum atomic E-state index is 12.4. The molecule has 5 heteroatoms.